The molecule has 0 radical (unpaired) electrons. The minimum Gasteiger partial charge on any atom is -0.493 e. The summed E-state index contributed by atoms with van der Waals surface area (Å²) in [5, 5.41) is 75.5. The van der Waals surface area contributed by atoms with Crippen molar-refractivity contribution in [3.8, 4) is 11.5 Å². The number of carbonyl (C=O) groups excluding carboxylic acids is 2. The second-order valence-electron chi connectivity index (χ2n) is 18.5. The van der Waals surface area contributed by atoms with Gasteiger partial charge in [0, 0.05) is 30.5 Å². The zero-order valence-electron chi connectivity index (χ0n) is 32.9. The van der Waals surface area contributed by atoms with E-state index < -0.39 is 106 Å². The van der Waals surface area contributed by atoms with Crippen molar-refractivity contribution in [2.45, 2.75) is 132 Å². The molecule has 14 nitrogen and oxygen atoms in total. The molecule has 1 aromatic rings. The Kier molecular flexibility index (Phi) is 9.26. The van der Waals surface area contributed by atoms with Crippen molar-refractivity contribution >= 4 is 11.9 Å². The third-order valence-corrected chi connectivity index (χ3v) is 15.9. The van der Waals surface area contributed by atoms with Gasteiger partial charge in [0.15, 0.2) is 23.7 Å². The van der Waals surface area contributed by atoms with Crippen molar-refractivity contribution in [1.82, 2.24) is 4.90 Å². The van der Waals surface area contributed by atoms with E-state index in [0.29, 0.717) is 36.8 Å². The summed E-state index contributed by atoms with van der Waals surface area (Å²) < 4.78 is 29.8. The SMILES string of the molecule is CC[C@@H](C)C(=O)O[C@@H]1[C@@H](O)[C@H]2[C@H](CN3C[C@H](C)CC[C@H]3[C@]2(C)O)[C@H]2C[C@@]34O[C@]5(O)[C@H](OC(=O)c6ccc(OC)c(OC)c6)CC[C@]3(C)[C@H]5[C@H](O)[C@H](O)[C@@H]4[C@]21O. The average Bonchev–Trinajstić information content (AvgIpc) is 3.46. The predicted octanol–water partition coefficient (Wildman–Crippen LogP) is 1.64. The third-order valence-electron chi connectivity index (χ3n) is 15.9. The number of aliphatic hydroxyl groups excluding tert-OH is 3. The number of hydrogen-bond acceptors (Lipinski definition) is 14. The second-order valence-corrected chi connectivity index (χ2v) is 18.5. The summed E-state index contributed by atoms with van der Waals surface area (Å²) >= 11 is 0. The van der Waals surface area contributed by atoms with E-state index in [1.165, 1.54) is 26.4 Å². The lowest BCUT2D eigenvalue weighted by Gasteiger charge is -2.64. The Balaban J connectivity index is 1.22. The van der Waals surface area contributed by atoms with E-state index in [9.17, 15) is 40.2 Å². The number of methoxy groups -OCH3 is 2. The summed E-state index contributed by atoms with van der Waals surface area (Å²) in [6.07, 6.45) is -5.19. The highest BCUT2D eigenvalue weighted by Gasteiger charge is 2.89. The lowest BCUT2D eigenvalue weighted by Crippen LogP contribution is -2.78. The van der Waals surface area contributed by atoms with Crippen molar-refractivity contribution in [3.05, 3.63) is 23.8 Å². The molecule has 1 spiro atoms. The quantitative estimate of drug-likeness (QED) is 0.218. The second kappa shape index (κ2) is 13.0. The zero-order chi connectivity index (χ0) is 39.8. The molecule has 8 rings (SSSR count). The van der Waals surface area contributed by atoms with Crippen LogP contribution in [0.15, 0.2) is 18.2 Å². The van der Waals surface area contributed by atoms with Gasteiger partial charge in [0.2, 0.25) is 5.79 Å². The first-order valence-corrected chi connectivity index (χ1v) is 20.1. The van der Waals surface area contributed by atoms with E-state index in [4.69, 9.17) is 23.7 Å². The Morgan fingerprint density at radius 3 is 2.31 bits per heavy atom. The van der Waals surface area contributed by atoms with Crippen LogP contribution in [0.3, 0.4) is 0 Å². The molecule has 7 fully saturated rings. The molecule has 3 saturated heterocycles. The fourth-order valence-corrected chi connectivity index (χ4v) is 13.3. The van der Waals surface area contributed by atoms with Crippen LogP contribution in [0.5, 0.6) is 11.5 Å². The topological polar surface area (TPSA) is 205 Å². The molecule has 0 aromatic heterocycles. The molecule has 306 valence electrons. The van der Waals surface area contributed by atoms with Crippen molar-refractivity contribution in [2.75, 3.05) is 27.3 Å². The number of aliphatic hydroxyl groups is 6. The van der Waals surface area contributed by atoms with Gasteiger partial charge in [-0.05, 0) is 81.4 Å². The maximum absolute atomic E-state index is 13.7. The smallest absolute Gasteiger partial charge is 0.338 e. The molecule has 4 aliphatic carbocycles. The maximum atomic E-state index is 13.7. The average molecular weight is 774 g/mol. The van der Waals surface area contributed by atoms with Gasteiger partial charge in [-0.1, -0.05) is 27.7 Å². The van der Waals surface area contributed by atoms with Gasteiger partial charge >= 0.3 is 11.9 Å². The van der Waals surface area contributed by atoms with Gasteiger partial charge in [-0.3, -0.25) is 9.69 Å². The number of benzene rings is 1. The summed E-state index contributed by atoms with van der Waals surface area (Å²) in [5.74, 6) is -7.84. The van der Waals surface area contributed by atoms with Crippen LogP contribution in [0.25, 0.3) is 0 Å². The van der Waals surface area contributed by atoms with Gasteiger partial charge in [-0.25, -0.2) is 4.79 Å². The zero-order valence-corrected chi connectivity index (χ0v) is 32.9. The number of fused-ring (bicyclic) bond motifs is 5. The van der Waals surface area contributed by atoms with Crippen molar-refractivity contribution < 1.29 is 63.9 Å². The van der Waals surface area contributed by atoms with E-state index >= 15 is 0 Å². The van der Waals surface area contributed by atoms with Crippen LogP contribution in [-0.2, 0) is 19.0 Å². The van der Waals surface area contributed by atoms with E-state index in [1.807, 2.05) is 13.8 Å². The van der Waals surface area contributed by atoms with Crippen LogP contribution in [0.1, 0.15) is 83.5 Å². The minimum absolute atomic E-state index is 0.0685. The predicted molar refractivity (Wildman–Crippen MR) is 194 cm³/mol. The van der Waals surface area contributed by atoms with Crippen LogP contribution in [0.2, 0.25) is 0 Å². The monoisotopic (exact) mass is 773 g/mol. The molecule has 0 amide bonds. The summed E-state index contributed by atoms with van der Waals surface area (Å²) in [7, 11) is 2.92. The lowest BCUT2D eigenvalue weighted by atomic mass is 9.48. The van der Waals surface area contributed by atoms with Crippen LogP contribution in [0, 0.1) is 46.8 Å². The van der Waals surface area contributed by atoms with E-state index in [2.05, 4.69) is 11.8 Å². The molecule has 0 unspecified atom stereocenters. The fourth-order valence-electron chi connectivity index (χ4n) is 13.3. The van der Waals surface area contributed by atoms with Crippen molar-refractivity contribution in [1.29, 1.82) is 0 Å². The number of ether oxygens (including phenoxy) is 5. The van der Waals surface area contributed by atoms with Crippen LogP contribution < -0.4 is 9.47 Å². The Morgan fingerprint density at radius 2 is 1.64 bits per heavy atom. The standard InChI is InChI=1S/C41H59NO13/c1-8-20(3)35(46)54-34-29(43)28-22(18-42-17-19(2)9-12-26(42)38(28,5)48)23-16-39-33(40(23,34)49)31(45)30(44)32-37(39,4)14-13-27(41(32,50)55-39)53-36(47)21-10-11-24(51-6)25(15-21)52-7/h10-11,15,19-20,22-23,26-34,43-45,48-50H,8-9,12-14,16-18H2,1-7H3/t19-,20-,22-,23-,26+,27-,28-,29+,30-,31+,32-,33+,34-,37-,38+,39+,40-,41-/m1/s1. The Labute approximate surface area is 322 Å². The van der Waals surface area contributed by atoms with Crippen molar-refractivity contribution in [3.63, 3.8) is 0 Å². The number of carbonyl (C=O) groups is 2. The number of rotatable bonds is 7. The highest BCUT2D eigenvalue weighted by Crippen LogP contribution is 2.77. The first-order chi connectivity index (χ1) is 25.8. The molecule has 14 heteroatoms. The van der Waals surface area contributed by atoms with Gasteiger partial charge in [-0.15, -0.1) is 0 Å². The van der Waals surface area contributed by atoms with Gasteiger partial charge in [0.25, 0.3) is 0 Å². The van der Waals surface area contributed by atoms with Gasteiger partial charge in [-0.2, -0.15) is 0 Å². The van der Waals surface area contributed by atoms with Crippen LogP contribution >= 0.6 is 0 Å². The first-order valence-electron chi connectivity index (χ1n) is 20.1. The fraction of sp³-hybridized carbons (Fsp3) is 0.805. The summed E-state index contributed by atoms with van der Waals surface area (Å²) in [6.45, 7) is 10.4. The first kappa shape index (κ1) is 39.3. The largest absolute Gasteiger partial charge is 0.493 e. The highest BCUT2D eigenvalue weighted by atomic mass is 16.7. The summed E-state index contributed by atoms with van der Waals surface area (Å²) in [6, 6.07) is 4.27. The molecule has 3 heterocycles. The van der Waals surface area contributed by atoms with E-state index in [0.717, 1.165) is 13.0 Å². The molecule has 4 saturated carbocycles. The maximum Gasteiger partial charge on any atom is 0.338 e. The molecule has 1 aromatic carbocycles. The van der Waals surface area contributed by atoms with Gasteiger partial charge in [0.1, 0.15) is 5.60 Å². The normalized spacial score (nSPS) is 50.1. The minimum atomic E-state index is -2.29. The Morgan fingerprint density at radius 1 is 0.945 bits per heavy atom. The third kappa shape index (κ3) is 5.07. The molecule has 4 bridgehead atoms. The van der Waals surface area contributed by atoms with Crippen LogP contribution in [-0.4, -0.2) is 134 Å². The summed E-state index contributed by atoms with van der Waals surface area (Å²) in [5.41, 5.74) is -6.05. The summed E-state index contributed by atoms with van der Waals surface area (Å²) in [4.78, 5) is 29.6. The molecular formula is C41H59NO13. The van der Waals surface area contributed by atoms with Crippen molar-refractivity contribution in [2.24, 2.45) is 46.8 Å². The Hall–Kier alpha value is -2.56. The number of piperidine rings is 2. The van der Waals surface area contributed by atoms with E-state index in [-0.39, 0.29) is 30.9 Å². The van der Waals surface area contributed by atoms with Gasteiger partial charge in [0.05, 0.1) is 67.1 Å². The molecule has 18 atom stereocenters. The number of esters is 2. The Bertz CT molecular complexity index is 1710. The molecule has 55 heavy (non-hydrogen) atoms. The number of hydrogen-bond donors (Lipinski definition) is 6. The number of nitrogens with zero attached hydrogens (tertiary/aromatic N) is 1. The molecular weight excluding hydrogens is 714 g/mol. The molecule has 6 N–H and O–H groups in total. The molecule has 3 aliphatic heterocycles. The molecule has 7 aliphatic rings. The lowest BCUT2D eigenvalue weighted by molar-refractivity contribution is -0.300. The van der Waals surface area contributed by atoms with E-state index in [1.54, 1.807) is 19.9 Å². The van der Waals surface area contributed by atoms with Gasteiger partial charge < -0.3 is 54.3 Å². The van der Waals surface area contributed by atoms with Crippen LogP contribution in [0.4, 0.5) is 0 Å². The highest BCUT2D eigenvalue weighted by molar-refractivity contribution is 5.90.